The van der Waals surface area contributed by atoms with E-state index in [-0.39, 0.29) is 6.10 Å². The first-order valence-corrected chi connectivity index (χ1v) is 6.09. The van der Waals surface area contributed by atoms with Crippen molar-refractivity contribution in [3.8, 4) is 0 Å². The number of rotatable bonds is 4. The average Bonchev–Trinajstić information content (AvgIpc) is 2.49. The van der Waals surface area contributed by atoms with Crippen LogP contribution in [0.5, 0.6) is 0 Å². The Morgan fingerprint density at radius 1 is 1.57 bits per heavy atom. The van der Waals surface area contributed by atoms with Crippen molar-refractivity contribution >= 4 is 11.5 Å². The lowest BCUT2D eigenvalue weighted by atomic mass is 9.80. The van der Waals surface area contributed by atoms with Gasteiger partial charge in [0.05, 0.1) is 16.7 Å². The summed E-state index contributed by atoms with van der Waals surface area (Å²) in [4.78, 5) is 1.01. The van der Waals surface area contributed by atoms with Gasteiger partial charge in [0.15, 0.2) is 0 Å². The summed E-state index contributed by atoms with van der Waals surface area (Å²) in [5, 5.41) is 14.1. The summed E-state index contributed by atoms with van der Waals surface area (Å²) in [5.74, 6) is 0.466. The smallest absolute Gasteiger partial charge is 0.0945 e. The number of aromatic nitrogens is 2. The van der Waals surface area contributed by atoms with Crippen LogP contribution < -0.4 is 0 Å². The molecular weight excluding hydrogens is 196 g/mol. The van der Waals surface area contributed by atoms with Gasteiger partial charge in [-0.05, 0) is 36.7 Å². The van der Waals surface area contributed by atoms with Gasteiger partial charge in [-0.1, -0.05) is 24.3 Å². The lowest BCUT2D eigenvalue weighted by molar-refractivity contribution is 0.0641. The molecule has 1 N–H and O–H groups in total. The predicted molar refractivity (Wildman–Crippen MR) is 56.2 cm³/mol. The molecule has 1 heterocycles. The molecule has 78 valence electrons. The van der Waals surface area contributed by atoms with Crippen LogP contribution in [0.3, 0.4) is 0 Å². The number of hydrogen-bond donors (Lipinski definition) is 1. The molecular formula is C10H16N2OS. The Hall–Kier alpha value is -0.480. The Morgan fingerprint density at radius 3 is 2.93 bits per heavy atom. The van der Waals surface area contributed by atoms with E-state index in [0.717, 1.165) is 36.3 Å². The van der Waals surface area contributed by atoms with Crippen molar-refractivity contribution in [1.82, 2.24) is 9.59 Å². The molecule has 1 fully saturated rings. The fourth-order valence-electron chi connectivity index (χ4n) is 1.82. The van der Waals surface area contributed by atoms with E-state index in [4.69, 9.17) is 0 Å². The molecule has 1 aromatic rings. The van der Waals surface area contributed by atoms with Gasteiger partial charge in [0, 0.05) is 0 Å². The molecule has 0 spiro atoms. The summed E-state index contributed by atoms with van der Waals surface area (Å²) in [6.45, 7) is 2.12. The fourth-order valence-corrected chi connectivity index (χ4v) is 2.60. The third-order valence-corrected chi connectivity index (χ3v) is 3.77. The maximum Gasteiger partial charge on any atom is 0.0945 e. The molecule has 1 atom stereocenters. The average molecular weight is 212 g/mol. The van der Waals surface area contributed by atoms with Crippen molar-refractivity contribution in [3.05, 3.63) is 10.6 Å². The van der Waals surface area contributed by atoms with Crippen LogP contribution in [-0.2, 0) is 6.42 Å². The first kappa shape index (κ1) is 10.1. The Morgan fingerprint density at radius 2 is 2.36 bits per heavy atom. The van der Waals surface area contributed by atoms with Gasteiger partial charge in [0.25, 0.3) is 0 Å². The zero-order valence-corrected chi connectivity index (χ0v) is 9.26. The maximum atomic E-state index is 10.1. The molecule has 2 rings (SSSR count). The molecule has 4 heteroatoms. The third-order valence-electron chi connectivity index (χ3n) is 2.94. The van der Waals surface area contributed by atoms with Crippen molar-refractivity contribution in [2.24, 2.45) is 5.92 Å². The van der Waals surface area contributed by atoms with Gasteiger partial charge >= 0.3 is 0 Å². The normalized spacial score (nSPS) is 19.3. The van der Waals surface area contributed by atoms with Gasteiger partial charge in [-0.3, -0.25) is 0 Å². The zero-order chi connectivity index (χ0) is 9.97. The van der Waals surface area contributed by atoms with Crippen LogP contribution in [0.15, 0.2) is 0 Å². The molecule has 0 radical (unpaired) electrons. The quantitative estimate of drug-likeness (QED) is 0.833. The topological polar surface area (TPSA) is 46.0 Å². The van der Waals surface area contributed by atoms with Crippen LogP contribution in [0.1, 0.15) is 49.3 Å². The maximum absolute atomic E-state index is 10.1. The van der Waals surface area contributed by atoms with Crippen molar-refractivity contribution in [2.75, 3.05) is 0 Å². The van der Waals surface area contributed by atoms with E-state index in [0.29, 0.717) is 5.92 Å². The molecule has 0 saturated heterocycles. The van der Waals surface area contributed by atoms with Gasteiger partial charge in [-0.15, -0.1) is 5.10 Å². The lowest BCUT2D eigenvalue weighted by Gasteiger charge is -2.29. The first-order valence-electron chi connectivity index (χ1n) is 5.32. The first-order chi connectivity index (χ1) is 6.83. The van der Waals surface area contributed by atoms with Crippen LogP contribution in [0.4, 0.5) is 0 Å². The van der Waals surface area contributed by atoms with Crippen LogP contribution in [0, 0.1) is 5.92 Å². The highest BCUT2D eigenvalue weighted by atomic mass is 32.1. The van der Waals surface area contributed by atoms with Gasteiger partial charge in [0.2, 0.25) is 0 Å². The lowest BCUT2D eigenvalue weighted by Crippen LogP contribution is -2.20. The van der Waals surface area contributed by atoms with Crippen molar-refractivity contribution < 1.29 is 5.11 Å². The summed E-state index contributed by atoms with van der Waals surface area (Å²) in [5.41, 5.74) is 1.01. The van der Waals surface area contributed by atoms with Crippen molar-refractivity contribution in [1.29, 1.82) is 0 Å². The highest BCUT2D eigenvalue weighted by Gasteiger charge is 2.29. The van der Waals surface area contributed by atoms with Gasteiger partial charge in [-0.2, -0.15) is 0 Å². The van der Waals surface area contributed by atoms with Crippen LogP contribution in [-0.4, -0.2) is 14.7 Å². The second kappa shape index (κ2) is 4.36. The molecule has 0 amide bonds. The molecule has 1 aromatic heterocycles. The van der Waals surface area contributed by atoms with E-state index >= 15 is 0 Å². The summed E-state index contributed by atoms with van der Waals surface area (Å²) < 4.78 is 3.93. The molecule has 1 aliphatic carbocycles. The van der Waals surface area contributed by atoms with Gasteiger partial charge < -0.3 is 5.11 Å². The van der Waals surface area contributed by atoms with E-state index in [1.54, 1.807) is 0 Å². The highest BCUT2D eigenvalue weighted by Crippen LogP contribution is 2.39. The van der Waals surface area contributed by atoms with Crippen LogP contribution in [0.25, 0.3) is 0 Å². The minimum atomic E-state index is -0.301. The minimum absolute atomic E-state index is 0.301. The number of nitrogens with zero attached hydrogens (tertiary/aromatic N) is 2. The highest BCUT2D eigenvalue weighted by molar-refractivity contribution is 7.05. The molecule has 1 unspecified atom stereocenters. The van der Waals surface area contributed by atoms with Gasteiger partial charge in [-0.25, -0.2) is 0 Å². The summed E-state index contributed by atoms with van der Waals surface area (Å²) >= 11 is 1.36. The second-order valence-corrected chi connectivity index (χ2v) is 4.76. The standard InChI is InChI=1S/C10H16N2OS/c1-2-4-8-10(14-12-11-8)9(13)7-5-3-6-7/h7,9,13H,2-6H2,1H3. The largest absolute Gasteiger partial charge is 0.387 e. The predicted octanol–water partition coefficient (Wildman–Crippen LogP) is 2.32. The monoisotopic (exact) mass is 212 g/mol. The van der Waals surface area contributed by atoms with Crippen molar-refractivity contribution in [3.63, 3.8) is 0 Å². The summed E-state index contributed by atoms with van der Waals surface area (Å²) in [7, 11) is 0. The third kappa shape index (κ3) is 1.81. The fraction of sp³-hybridized carbons (Fsp3) is 0.800. The second-order valence-electron chi connectivity index (χ2n) is 3.97. The van der Waals surface area contributed by atoms with E-state index < -0.39 is 0 Å². The van der Waals surface area contributed by atoms with Crippen molar-refractivity contribution in [2.45, 2.75) is 45.1 Å². The Bertz CT molecular complexity index is 296. The number of hydrogen-bond acceptors (Lipinski definition) is 4. The van der Waals surface area contributed by atoms with E-state index in [1.807, 2.05) is 0 Å². The van der Waals surface area contributed by atoms with Gasteiger partial charge in [0.1, 0.15) is 0 Å². The van der Waals surface area contributed by atoms with E-state index in [9.17, 15) is 5.11 Å². The number of aliphatic hydroxyl groups is 1. The molecule has 0 aromatic carbocycles. The zero-order valence-electron chi connectivity index (χ0n) is 8.44. The Kier molecular flexibility index (Phi) is 3.13. The van der Waals surface area contributed by atoms with E-state index in [1.165, 1.54) is 18.0 Å². The van der Waals surface area contributed by atoms with Crippen LogP contribution >= 0.6 is 11.5 Å². The Labute approximate surface area is 88.3 Å². The number of aryl methyl sites for hydroxylation is 1. The molecule has 3 nitrogen and oxygen atoms in total. The molecule has 1 aliphatic rings. The van der Waals surface area contributed by atoms with E-state index in [2.05, 4.69) is 16.5 Å². The number of aliphatic hydroxyl groups excluding tert-OH is 1. The summed E-state index contributed by atoms with van der Waals surface area (Å²) in [6.07, 6.45) is 5.28. The molecule has 1 saturated carbocycles. The Balaban J connectivity index is 2.09. The minimum Gasteiger partial charge on any atom is -0.387 e. The molecule has 0 bridgehead atoms. The summed E-state index contributed by atoms with van der Waals surface area (Å²) in [6, 6.07) is 0. The van der Waals surface area contributed by atoms with Crippen LogP contribution in [0.2, 0.25) is 0 Å². The molecule has 14 heavy (non-hydrogen) atoms. The molecule has 0 aliphatic heterocycles. The SMILES string of the molecule is CCCc1nnsc1C(O)C1CCC1.